The summed E-state index contributed by atoms with van der Waals surface area (Å²) in [6.45, 7) is 0.978. The first kappa shape index (κ1) is 21.4. The van der Waals surface area contributed by atoms with Gasteiger partial charge in [-0.3, -0.25) is 9.36 Å². The van der Waals surface area contributed by atoms with Gasteiger partial charge in [0.05, 0.1) is 21.5 Å². The van der Waals surface area contributed by atoms with Gasteiger partial charge in [-0.15, -0.1) is 0 Å². The number of sulfonamides is 1. The molecule has 3 aromatic carbocycles. The van der Waals surface area contributed by atoms with Crippen LogP contribution in [-0.2, 0) is 10.0 Å². The maximum atomic E-state index is 13.2. The molecule has 2 heterocycles. The number of benzene rings is 3. The molecular weight excluding hydrogens is 436 g/mol. The molecule has 8 heteroatoms. The third-order valence-corrected chi connectivity index (χ3v) is 7.88. The molecule has 1 aliphatic heterocycles. The molecule has 1 amide bonds. The first-order chi connectivity index (χ1) is 16.0. The van der Waals surface area contributed by atoms with Crippen molar-refractivity contribution in [2.45, 2.75) is 24.2 Å². The van der Waals surface area contributed by atoms with Crippen LogP contribution in [0.3, 0.4) is 0 Å². The van der Waals surface area contributed by atoms with E-state index in [1.54, 1.807) is 36.7 Å². The summed E-state index contributed by atoms with van der Waals surface area (Å²) in [6, 6.07) is 21.6. The van der Waals surface area contributed by atoms with Crippen molar-refractivity contribution in [3.05, 3.63) is 84.7 Å². The molecule has 0 radical (unpaired) electrons. The number of imidazole rings is 1. The SMILES string of the molecule is O=C(Nc1ccc(-n2cnc3ccccc32)cc1)c1ccccc1S(=O)(=O)N1CCCCC1. The van der Waals surface area contributed by atoms with Crippen molar-refractivity contribution in [2.24, 2.45) is 0 Å². The summed E-state index contributed by atoms with van der Waals surface area (Å²) < 4.78 is 29.8. The highest BCUT2D eigenvalue weighted by molar-refractivity contribution is 7.89. The Morgan fingerprint density at radius 3 is 2.33 bits per heavy atom. The second-order valence-electron chi connectivity index (χ2n) is 8.07. The second-order valence-corrected chi connectivity index (χ2v) is 9.97. The Morgan fingerprint density at radius 2 is 1.55 bits per heavy atom. The van der Waals surface area contributed by atoms with Crippen molar-refractivity contribution in [1.82, 2.24) is 13.9 Å². The molecule has 4 aromatic rings. The lowest BCUT2D eigenvalue weighted by Crippen LogP contribution is -2.36. The largest absolute Gasteiger partial charge is 0.322 e. The fraction of sp³-hybridized carbons (Fsp3) is 0.200. The minimum atomic E-state index is -3.72. The minimum absolute atomic E-state index is 0.0471. The molecule has 168 valence electrons. The van der Waals surface area contributed by atoms with Crippen molar-refractivity contribution in [1.29, 1.82) is 0 Å². The number of fused-ring (bicyclic) bond motifs is 1. The van der Waals surface area contributed by atoms with Crippen LogP contribution in [0.4, 0.5) is 5.69 Å². The van der Waals surface area contributed by atoms with Gasteiger partial charge in [0.15, 0.2) is 0 Å². The van der Waals surface area contributed by atoms with Crippen molar-refractivity contribution in [3.8, 4) is 5.69 Å². The summed E-state index contributed by atoms with van der Waals surface area (Å²) >= 11 is 0. The number of carbonyl (C=O) groups excluding carboxylic acids is 1. The highest BCUT2D eigenvalue weighted by Crippen LogP contribution is 2.25. The molecule has 0 atom stereocenters. The zero-order chi connectivity index (χ0) is 22.8. The third kappa shape index (κ3) is 4.15. The van der Waals surface area contributed by atoms with E-state index < -0.39 is 15.9 Å². The van der Waals surface area contributed by atoms with Crippen LogP contribution < -0.4 is 5.32 Å². The number of nitrogens with zero attached hydrogens (tertiary/aromatic N) is 3. The van der Waals surface area contributed by atoms with Gasteiger partial charge in [-0.05, 0) is 61.4 Å². The van der Waals surface area contributed by atoms with Gasteiger partial charge >= 0.3 is 0 Å². The molecule has 1 fully saturated rings. The van der Waals surface area contributed by atoms with Gasteiger partial charge in [-0.25, -0.2) is 13.4 Å². The Labute approximate surface area is 192 Å². The molecule has 5 rings (SSSR count). The van der Waals surface area contributed by atoms with Gasteiger partial charge in [0.2, 0.25) is 10.0 Å². The first-order valence-electron chi connectivity index (χ1n) is 11.0. The summed E-state index contributed by atoms with van der Waals surface area (Å²) in [4.78, 5) is 17.5. The van der Waals surface area contributed by atoms with E-state index in [2.05, 4.69) is 10.3 Å². The maximum Gasteiger partial charge on any atom is 0.257 e. The number of amides is 1. The van der Waals surface area contributed by atoms with Gasteiger partial charge in [0.1, 0.15) is 6.33 Å². The second kappa shape index (κ2) is 8.80. The topological polar surface area (TPSA) is 84.3 Å². The lowest BCUT2D eigenvalue weighted by Gasteiger charge is -2.26. The van der Waals surface area contributed by atoms with Gasteiger partial charge < -0.3 is 5.32 Å². The van der Waals surface area contributed by atoms with Crippen LogP contribution in [0.25, 0.3) is 16.7 Å². The normalized spacial score (nSPS) is 14.9. The van der Waals surface area contributed by atoms with Crippen molar-refractivity contribution >= 4 is 32.7 Å². The van der Waals surface area contributed by atoms with Gasteiger partial charge in [-0.1, -0.05) is 30.7 Å². The molecule has 1 aliphatic rings. The number of hydrogen-bond acceptors (Lipinski definition) is 4. The van der Waals surface area contributed by atoms with Crippen LogP contribution in [0.1, 0.15) is 29.6 Å². The van der Waals surface area contributed by atoms with E-state index in [9.17, 15) is 13.2 Å². The van der Waals surface area contributed by atoms with E-state index in [1.807, 2.05) is 41.0 Å². The van der Waals surface area contributed by atoms with Crippen LogP contribution in [-0.4, -0.2) is 41.3 Å². The van der Waals surface area contributed by atoms with Crippen molar-refractivity contribution < 1.29 is 13.2 Å². The van der Waals surface area contributed by atoms with Gasteiger partial charge in [-0.2, -0.15) is 4.31 Å². The number of rotatable bonds is 5. The molecule has 1 saturated heterocycles. The summed E-state index contributed by atoms with van der Waals surface area (Å²) in [5.41, 5.74) is 3.54. The molecule has 0 unspecified atom stereocenters. The van der Waals surface area contributed by atoms with E-state index in [1.165, 1.54) is 10.4 Å². The monoisotopic (exact) mass is 460 g/mol. The van der Waals surface area contributed by atoms with Gasteiger partial charge in [0.25, 0.3) is 5.91 Å². The average molecular weight is 461 g/mol. The molecule has 1 N–H and O–H groups in total. The number of carbonyl (C=O) groups is 1. The van der Waals surface area contributed by atoms with Crippen LogP contribution in [0, 0.1) is 0 Å². The van der Waals surface area contributed by atoms with E-state index in [0.29, 0.717) is 18.8 Å². The Morgan fingerprint density at radius 1 is 0.848 bits per heavy atom. The van der Waals surface area contributed by atoms with Crippen molar-refractivity contribution in [3.63, 3.8) is 0 Å². The van der Waals surface area contributed by atoms with Crippen LogP contribution in [0.2, 0.25) is 0 Å². The standard InChI is InChI=1S/C25H24N4O3S/c30-25(21-8-2-5-11-24(21)33(31,32)28-16-6-1-7-17-28)27-19-12-14-20(15-13-19)29-18-26-22-9-3-4-10-23(22)29/h2-5,8-15,18H,1,6-7,16-17H2,(H,27,30). The predicted octanol–water partition coefficient (Wildman–Crippen LogP) is 4.45. The highest BCUT2D eigenvalue weighted by Gasteiger charge is 2.29. The Bertz CT molecular complexity index is 1410. The fourth-order valence-corrected chi connectivity index (χ4v) is 5.90. The first-order valence-corrected chi connectivity index (χ1v) is 12.4. The summed E-state index contributed by atoms with van der Waals surface area (Å²) in [6.07, 6.45) is 4.47. The van der Waals surface area contributed by atoms with E-state index in [0.717, 1.165) is 36.0 Å². The smallest absolute Gasteiger partial charge is 0.257 e. The highest BCUT2D eigenvalue weighted by atomic mass is 32.2. The Hall–Kier alpha value is -3.49. The van der Waals surface area contributed by atoms with Gasteiger partial charge in [0, 0.05) is 24.5 Å². The molecule has 33 heavy (non-hydrogen) atoms. The number of hydrogen-bond donors (Lipinski definition) is 1. The van der Waals surface area contributed by atoms with Crippen molar-refractivity contribution in [2.75, 3.05) is 18.4 Å². The number of para-hydroxylation sites is 2. The van der Waals surface area contributed by atoms with E-state index in [4.69, 9.17) is 0 Å². The summed E-state index contributed by atoms with van der Waals surface area (Å²) in [5, 5.41) is 2.84. The fourth-order valence-electron chi connectivity index (χ4n) is 4.19. The Kier molecular flexibility index (Phi) is 5.70. The molecule has 0 saturated carbocycles. The molecule has 1 aromatic heterocycles. The van der Waals surface area contributed by atoms with E-state index in [-0.39, 0.29) is 10.5 Å². The molecule has 7 nitrogen and oxygen atoms in total. The summed E-state index contributed by atoms with van der Waals surface area (Å²) in [7, 11) is -3.72. The molecule has 0 aliphatic carbocycles. The third-order valence-electron chi connectivity index (χ3n) is 5.92. The Balaban J connectivity index is 1.38. The molecule has 0 spiro atoms. The quantitative estimate of drug-likeness (QED) is 0.477. The van der Waals surface area contributed by atoms with Crippen LogP contribution >= 0.6 is 0 Å². The summed E-state index contributed by atoms with van der Waals surface area (Å²) in [5.74, 6) is -0.452. The number of piperidine rings is 1. The molecule has 0 bridgehead atoms. The van der Waals surface area contributed by atoms with E-state index >= 15 is 0 Å². The number of aromatic nitrogens is 2. The number of anilines is 1. The minimum Gasteiger partial charge on any atom is -0.322 e. The lowest BCUT2D eigenvalue weighted by molar-refractivity contribution is 0.102. The zero-order valence-corrected chi connectivity index (χ0v) is 18.8. The lowest BCUT2D eigenvalue weighted by atomic mass is 10.2. The zero-order valence-electron chi connectivity index (χ0n) is 18.0. The molecular formula is C25H24N4O3S. The van der Waals surface area contributed by atoms with Crippen LogP contribution in [0.5, 0.6) is 0 Å². The average Bonchev–Trinajstić information content (AvgIpc) is 3.29. The predicted molar refractivity (Wildman–Crippen MR) is 128 cm³/mol. The number of nitrogens with one attached hydrogen (secondary N) is 1. The maximum absolute atomic E-state index is 13.2. The van der Waals surface area contributed by atoms with Crippen LogP contribution in [0.15, 0.2) is 84.0 Å².